The van der Waals surface area contributed by atoms with E-state index >= 15 is 0 Å². The number of ether oxygens (including phenoxy) is 1. The number of piperidine rings is 1. The highest BCUT2D eigenvalue weighted by atomic mass is 19.1. The van der Waals surface area contributed by atoms with Crippen LogP contribution in [0.5, 0.6) is 0 Å². The number of halogens is 1. The minimum atomic E-state index is -0.289. The van der Waals surface area contributed by atoms with E-state index in [0.717, 1.165) is 56.1 Å². The van der Waals surface area contributed by atoms with Gasteiger partial charge in [-0.2, -0.15) is 0 Å². The quantitative estimate of drug-likeness (QED) is 0.613. The molecule has 3 heterocycles. The maximum Gasteiger partial charge on any atom is 0.227 e. The Morgan fingerprint density at radius 1 is 0.909 bits per heavy atom. The average Bonchev–Trinajstić information content (AvgIpc) is 2.85. The summed E-state index contributed by atoms with van der Waals surface area (Å²) in [6, 6.07) is 14.9. The molecule has 0 radical (unpaired) electrons. The number of aromatic nitrogens is 2. The van der Waals surface area contributed by atoms with Gasteiger partial charge in [0.25, 0.3) is 0 Å². The van der Waals surface area contributed by atoms with Crippen molar-refractivity contribution in [3.05, 3.63) is 60.5 Å². The molecule has 0 aliphatic carbocycles. The zero-order chi connectivity index (χ0) is 22.6. The Balaban J connectivity index is 1.31. The van der Waals surface area contributed by atoms with Gasteiger partial charge in [-0.3, -0.25) is 0 Å². The number of benzene rings is 2. The largest absolute Gasteiger partial charge is 0.393 e. The van der Waals surface area contributed by atoms with E-state index < -0.39 is 0 Å². The summed E-state index contributed by atoms with van der Waals surface area (Å²) in [7, 11) is 0. The van der Waals surface area contributed by atoms with Gasteiger partial charge in [-0.05, 0) is 61.4 Å². The fourth-order valence-corrected chi connectivity index (χ4v) is 4.31. The van der Waals surface area contributed by atoms with Crippen LogP contribution in [0.2, 0.25) is 0 Å². The van der Waals surface area contributed by atoms with Crippen LogP contribution in [0.15, 0.2) is 54.7 Å². The molecular weight excluding hydrogens is 421 g/mol. The first-order valence-electron chi connectivity index (χ1n) is 11.4. The standard InChI is InChI=1S/C25H28FN5O2/c26-19-15-18(16-22(17-19)31-11-13-33-14-12-31)24-5-8-27-25(29-24)28-20-1-3-21(4-2-20)30-9-6-23(32)7-10-30/h1-5,8,15-17,23,32H,6-7,9-14H2,(H,27,28,29). The first kappa shape index (κ1) is 21.6. The third kappa shape index (κ3) is 5.23. The second-order valence-corrected chi connectivity index (χ2v) is 8.45. The van der Waals surface area contributed by atoms with E-state index in [9.17, 15) is 9.50 Å². The predicted molar refractivity (Wildman–Crippen MR) is 128 cm³/mol. The maximum atomic E-state index is 14.4. The SMILES string of the molecule is OC1CCN(c2ccc(Nc3nccc(-c4cc(F)cc(N5CCOCC5)c4)n3)cc2)CC1. The third-order valence-electron chi connectivity index (χ3n) is 6.16. The van der Waals surface area contributed by atoms with Gasteiger partial charge in [0.05, 0.1) is 25.0 Å². The molecule has 7 nitrogen and oxygen atoms in total. The molecule has 172 valence electrons. The topological polar surface area (TPSA) is 73.8 Å². The monoisotopic (exact) mass is 449 g/mol. The summed E-state index contributed by atoms with van der Waals surface area (Å²) in [5.74, 6) is 0.168. The molecular formula is C25H28FN5O2. The fraction of sp³-hybridized carbons (Fsp3) is 0.360. The van der Waals surface area contributed by atoms with Crippen LogP contribution in [0, 0.1) is 5.82 Å². The molecule has 2 aliphatic rings. The van der Waals surface area contributed by atoms with E-state index in [0.29, 0.717) is 30.4 Å². The molecule has 2 fully saturated rings. The predicted octanol–water partition coefficient (Wildman–Crippen LogP) is 3.82. The summed E-state index contributed by atoms with van der Waals surface area (Å²) in [5.41, 5.74) is 4.22. The summed E-state index contributed by atoms with van der Waals surface area (Å²) in [5, 5.41) is 12.9. The van der Waals surface area contributed by atoms with E-state index in [1.165, 1.54) is 6.07 Å². The lowest BCUT2D eigenvalue weighted by Gasteiger charge is -2.31. The highest BCUT2D eigenvalue weighted by Crippen LogP contribution is 2.27. The summed E-state index contributed by atoms with van der Waals surface area (Å²) in [6.45, 7) is 4.50. The van der Waals surface area contributed by atoms with Crippen LogP contribution in [-0.2, 0) is 4.74 Å². The van der Waals surface area contributed by atoms with E-state index in [1.54, 1.807) is 18.3 Å². The molecule has 3 aromatic rings. The van der Waals surface area contributed by atoms with Crippen LogP contribution in [0.3, 0.4) is 0 Å². The maximum absolute atomic E-state index is 14.4. The number of rotatable bonds is 5. The molecule has 0 bridgehead atoms. The van der Waals surface area contributed by atoms with Gasteiger partial charge < -0.3 is 25.0 Å². The number of aliphatic hydroxyl groups is 1. The number of anilines is 4. The lowest BCUT2D eigenvalue weighted by Crippen LogP contribution is -2.36. The van der Waals surface area contributed by atoms with Gasteiger partial charge in [0, 0.05) is 55.0 Å². The number of hydrogen-bond acceptors (Lipinski definition) is 7. The van der Waals surface area contributed by atoms with E-state index in [2.05, 4.69) is 37.2 Å². The minimum absolute atomic E-state index is 0.186. The second kappa shape index (κ2) is 9.72. The van der Waals surface area contributed by atoms with Crippen LogP contribution >= 0.6 is 0 Å². The molecule has 0 spiro atoms. The van der Waals surface area contributed by atoms with Crippen molar-refractivity contribution in [2.24, 2.45) is 0 Å². The molecule has 0 amide bonds. The number of morpholine rings is 1. The Labute approximate surface area is 192 Å². The smallest absolute Gasteiger partial charge is 0.227 e. The lowest BCUT2D eigenvalue weighted by atomic mass is 10.1. The van der Waals surface area contributed by atoms with Crippen molar-refractivity contribution < 1.29 is 14.2 Å². The molecule has 2 saturated heterocycles. The van der Waals surface area contributed by atoms with Gasteiger partial charge in [-0.25, -0.2) is 14.4 Å². The van der Waals surface area contributed by atoms with Gasteiger partial charge in [0.1, 0.15) is 5.82 Å². The molecule has 2 aliphatic heterocycles. The van der Waals surface area contributed by atoms with Crippen molar-refractivity contribution in [2.45, 2.75) is 18.9 Å². The Bertz CT molecular complexity index is 1080. The second-order valence-electron chi connectivity index (χ2n) is 8.45. The van der Waals surface area contributed by atoms with Crippen LogP contribution in [0.4, 0.5) is 27.4 Å². The molecule has 2 N–H and O–H groups in total. The first-order valence-corrected chi connectivity index (χ1v) is 11.4. The zero-order valence-corrected chi connectivity index (χ0v) is 18.5. The number of hydrogen-bond donors (Lipinski definition) is 2. The number of nitrogens with one attached hydrogen (secondary N) is 1. The highest BCUT2D eigenvalue weighted by molar-refractivity contribution is 5.68. The Hall–Kier alpha value is -3.23. The van der Waals surface area contributed by atoms with Crippen LogP contribution in [-0.4, -0.2) is 60.6 Å². The third-order valence-corrected chi connectivity index (χ3v) is 6.16. The van der Waals surface area contributed by atoms with Gasteiger partial charge >= 0.3 is 0 Å². The van der Waals surface area contributed by atoms with Crippen molar-refractivity contribution in [3.8, 4) is 11.3 Å². The Kier molecular flexibility index (Phi) is 6.37. The van der Waals surface area contributed by atoms with Gasteiger partial charge in [0.15, 0.2) is 0 Å². The minimum Gasteiger partial charge on any atom is -0.393 e. The van der Waals surface area contributed by atoms with Gasteiger partial charge in [-0.1, -0.05) is 0 Å². The van der Waals surface area contributed by atoms with E-state index in [1.807, 2.05) is 18.2 Å². The average molecular weight is 450 g/mol. The molecule has 0 atom stereocenters. The molecule has 2 aromatic carbocycles. The fourth-order valence-electron chi connectivity index (χ4n) is 4.31. The molecule has 1 aromatic heterocycles. The summed E-state index contributed by atoms with van der Waals surface area (Å²) in [4.78, 5) is 13.4. The van der Waals surface area contributed by atoms with Crippen molar-refractivity contribution in [2.75, 3.05) is 54.5 Å². The van der Waals surface area contributed by atoms with Crippen LogP contribution in [0.25, 0.3) is 11.3 Å². The van der Waals surface area contributed by atoms with Gasteiger partial charge in [-0.15, -0.1) is 0 Å². The van der Waals surface area contributed by atoms with Crippen molar-refractivity contribution in [1.82, 2.24) is 9.97 Å². The number of aliphatic hydroxyl groups excluding tert-OH is 1. The molecule has 0 unspecified atom stereocenters. The molecule has 5 rings (SSSR count). The number of nitrogens with zero attached hydrogens (tertiary/aromatic N) is 4. The summed E-state index contributed by atoms with van der Waals surface area (Å²) < 4.78 is 19.8. The van der Waals surface area contributed by atoms with Gasteiger partial charge in [0.2, 0.25) is 5.95 Å². The first-order chi connectivity index (χ1) is 16.1. The van der Waals surface area contributed by atoms with Crippen molar-refractivity contribution in [1.29, 1.82) is 0 Å². The van der Waals surface area contributed by atoms with Crippen LogP contribution < -0.4 is 15.1 Å². The summed E-state index contributed by atoms with van der Waals surface area (Å²) >= 11 is 0. The normalized spacial score (nSPS) is 17.3. The zero-order valence-electron chi connectivity index (χ0n) is 18.5. The van der Waals surface area contributed by atoms with Crippen molar-refractivity contribution >= 4 is 23.0 Å². The van der Waals surface area contributed by atoms with Crippen LogP contribution in [0.1, 0.15) is 12.8 Å². The highest BCUT2D eigenvalue weighted by Gasteiger charge is 2.17. The molecule has 8 heteroatoms. The van der Waals surface area contributed by atoms with E-state index in [4.69, 9.17) is 4.74 Å². The molecule has 0 saturated carbocycles. The van der Waals surface area contributed by atoms with Crippen molar-refractivity contribution in [3.63, 3.8) is 0 Å². The van der Waals surface area contributed by atoms with E-state index in [-0.39, 0.29) is 11.9 Å². The Morgan fingerprint density at radius 3 is 2.39 bits per heavy atom. The molecule has 33 heavy (non-hydrogen) atoms. The summed E-state index contributed by atoms with van der Waals surface area (Å²) in [6.07, 6.45) is 3.09. The Morgan fingerprint density at radius 2 is 1.64 bits per heavy atom. The lowest BCUT2D eigenvalue weighted by molar-refractivity contribution is 0.122.